The number of aryl methyl sites for hydroxylation is 1. The van der Waals surface area contributed by atoms with Gasteiger partial charge in [-0.25, -0.2) is 0 Å². The molecule has 5 heteroatoms. The Bertz CT molecular complexity index is 1170. The van der Waals surface area contributed by atoms with Crippen LogP contribution < -0.4 is 10.9 Å². The number of fused-ring (bicyclic) bond motifs is 1. The van der Waals surface area contributed by atoms with Gasteiger partial charge in [0, 0.05) is 41.3 Å². The van der Waals surface area contributed by atoms with Crippen molar-refractivity contribution in [3.8, 4) is 5.69 Å². The van der Waals surface area contributed by atoms with Gasteiger partial charge in [0.25, 0.3) is 11.5 Å². The number of nitrogens with zero attached hydrogens (tertiary/aromatic N) is 1. The normalized spacial score (nSPS) is 10.9. The Balaban J connectivity index is 1.40. The highest BCUT2D eigenvalue weighted by Gasteiger charge is 2.07. The number of aromatic nitrogens is 2. The van der Waals surface area contributed by atoms with Gasteiger partial charge < -0.3 is 14.9 Å². The fraction of sp³-hybridized carbons (Fsp3) is 0.130. The zero-order valence-corrected chi connectivity index (χ0v) is 15.6. The van der Waals surface area contributed by atoms with Crippen LogP contribution in [0.25, 0.3) is 16.6 Å². The van der Waals surface area contributed by atoms with Gasteiger partial charge >= 0.3 is 0 Å². The second-order valence-corrected chi connectivity index (χ2v) is 6.86. The van der Waals surface area contributed by atoms with Crippen molar-refractivity contribution in [2.24, 2.45) is 0 Å². The van der Waals surface area contributed by atoms with Gasteiger partial charge in [-0.2, -0.15) is 0 Å². The van der Waals surface area contributed by atoms with E-state index < -0.39 is 0 Å². The fourth-order valence-electron chi connectivity index (χ4n) is 3.25. The first-order chi connectivity index (χ1) is 13.6. The minimum Gasteiger partial charge on any atom is -0.352 e. The Morgan fingerprint density at radius 2 is 1.79 bits per heavy atom. The van der Waals surface area contributed by atoms with Crippen molar-refractivity contribution in [3.05, 3.63) is 100 Å². The van der Waals surface area contributed by atoms with Crippen molar-refractivity contribution in [2.75, 3.05) is 6.54 Å². The third kappa shape index (κ3) is 3.74. The lowest BCUT2D eigenvalue weighted by atomic mass is 10.1. The third-order valence-corrected chi connectivity index (χ3v) is 4.79. The number of hydrogen-bond acceptors (Lipinski definition) is 2. The molecule has 0 atom stereocenters. The molecule has 0 radical (unpaired) electrons. The molecule has 4 rings (SSSR count). The van der Waals surface area contributed by atoms with Crippen LogP contribution in [0.4, 0.5) is 0 Å². The first-order valence-corrected chi connectivity index (χ1v) is 9.24. The molecule has 0 saturated heterocycles. The SMILES string of the molecule is Cc1ccc2cc(CCNC(=O)c3ccc(-n4cccc4)cc3)c(=O)[nH]c2c1. The van der Waals surface area contributed by atoms with Crippen LogP contribution in [0.5, 0.6) is 0 Å². The van der Waals surface area contributed by atoms with Crippen molar-refractivity contribution in [1.82, 2.24) is 14.9 Å². The maximum absolute atomic E-state index is 12.4. The molecule has 28 heavy (non-hydrogen) atoms. The lowest BCUT2D eigenvalue weighted by Gasteiger charge is -2.08. The molecule has 1 amide bonds. The molecule has 0 saturated carbocycles. The highest BCUT2D eigenvalue weighted by molar-refractivity contribution is 5.94. The van der Waals surface area contributed by atoms with E-state index >= 15 is 0 Å². The summed E-state index contributed by atoms with van der Waals surface area (Å²) in [5.74, 6) is -0.146. The van der Waals surface area contributed by atoms with E-state index in [2.05, 4.69) is 10.3 Å². The smallest absolute Gasteiger partial charge is 0.251 e. The number of carbonyl (C=O) groups is 1. The second kappa shape index (κ2) is 7.56. The molecule has 0 spiro atoms. The molecule has 4 aromatic rings. The highest BCUT2D eigenvalue weighted by atomic mass is 16.1. The lowest BCUT2D eigenvalue weighted by molar-refractivity contribution is 0.0954. The number of carbonyl (C=O) groups excluding carboxylic acids is 1. The quantitative estimate of drug-likeness (QED) is 0.563. The minimum atomic E-state index is -0.146. The lowest BCUT2D eigenvalue weighted by Crippen LogP contribution is -2.27. The number of amides is 1. The number of pyridine rings is 1. The van der Waals surface area contributed by atoms with Crippen LogP contribution >= 0.6 is 0 Å². The molecule has 140 valence electrons. The van der Waals surface area contributed by atoms with Crippen molar-refractivity contribution < 1.29 is 4.79 Å². The van der Waals surface area contributed by atoms with Gasteiger partial charge in [0.05, 0.1) is 0 Å². The maximum atomic E-state index is 12.4. The van der Waals surface area contributed by atoms with Crippen LogP contribution in [0.15, 0.2) is 77.9 Å². The second-order valence-electron chi connectivity index (χ2n) is 6.86. The summed E-state index contributed by atoms with van der Waals surface area (Å²) in [6, 6.07) is 19.2. The average molecular weight is 371 g/mol. The molecular formula is C23H21N3O2. The molecule has 2 aromatic heterocycles. The van der Waals surface area contributed by atoms with Gasteiger partial charge in [-0.05, 0) is 72.8 Å². The molecule has 2 heterocycles. The predicted molar refractivity (Wildman–Crippen MR) is 111 cm³/mol. The van der Waals surface area contributed by atoms with Crippen LogP contribution in [0.2, 0.25) is 0 Å². The van der Waals surface area contributed by atoms with Gasteiger partial charge in [0.2, 0.25) is 0 Å². The first-order valence-electron chi connectivity index (χ1n) is 9.24. The topological polar surface area (TPSA) is 66.9 Å². The summed E-state index contributed by atoms with van der Waals surface area (Å²) in [4.78, 5) is 27.6. The number of rotatable bonds is 5. The van der Waals surface area contributed by atoms with Crippen molar-refractivity contribution in [2.45, 2.75) is 13.3 Å². The third-order valence-electron chi connectivity index (χ3n) is 4.79. The summed E-state index contributed by atoms with van der Waals surface area (Å²) in [6.45, 7) is 2.39. The van der Waals surface area contributed by atoms with Crippen LogP contribution in [-0.4, -0.2) is 22.0 Å². The van der Waals surface area contributed by atoms with Crippen molar-refractivity contribution in [3.63, 3.8) is 0 Å². The van der Waals surface area contributed by atoms with Crippen molar-refractivity contribution >= 4 is 16.8 Å². The molecule has 0 aliphatic heterocycles. The summed E-state index contributed by atoms with van der Waals surface area (Å²) < 4.78 is 1.98. The summed E-state index contributed by atoms with van der Waals surface area (Å²) >= 11 is 0. The largest absolute Gasteiger partial charge is 0.352 e. The predicted octanol–water partition coefficient (Wildman–Crippen LogP) is 3.60. The zero-order valence-electron chi connectivity index (χ0n) is 15.6. The highest BCUT2D eigenvalue weighted by Crippen LogP contribution is 2.13. The number of benzene rings is 2. The Labute approximate surface area is 162 Å². The molecule has 0 fully saturated rings. The summed E-state index contributed by atoms with van der Waals surface area (Å²) in [7, 11) is 0. The number of H-pyrrole nitrogens is 1. The Morgan fingerprint density at radius 1 is 1.04 bits per heavy atom. The van der Waals surface area contributed by atoms with Crippen molar-refractivity contribution in [1.29, 1.82) is 0 Å². The fourth-order valence-corrected chi connectivity index (χ4v) is 3.25. The van der Waals surface area contributed by atoms with Crippen LogP contribution in [-0.2, 0) is 6.42 Å². The van der Waals surface area contributed by atoms with Crippen LogP contribution in [0.1, 0.15) is 21.5 Å². The number of aromatic amines is 1. The van der Waals surface area contributed by atoms with Gasteiger partial charge in [-0.15, -0.1) is 0 Å². The van der Waals surface area contributed by atoms with Crippen LogP contribution in [0, 0.1) is 6.92 Å². The number of hydrogen-bond donors (Lipinski definition) is 2. The van der Waals surface area contributed by atoms with E-state index in [1.165, 1.54) is 0 Å². The molecule has 2 N–H and O–H groups in total. The number of nitrogens with one attached hydrogen (secondary N) is 2. The summed E-state index contributed by atoms with van der Waals surface area (Å²) in [5.41, 5.74) is 4.09. The van der Waals surface area contributed by atoms with E-state index in [0.29, 0.717) is 24.1 Å². The van der Waals surface area contributed by atoms with E-state index in [9.17, 15) is 9.59 Å². The zero-order chi connectivity index (χ0) is 19.5. The Kier molecular flexibility index (Phi) is 4.81. The summed E-state index contributed by atoms with van der Waals surface area (Å²) in [6.07, 6.45) is 4.39. The molecule has 0 bridgehead atoms. The van der Waals surface area contributed by atoms with E-state index in [-0.39, 0.29) is 11.5 Å². The first kappa shape index (κ1) is 17.8. The molecule has 0 unspecified atom stereocenters. The average Bonchev–Trinajstić information content (AvgIpc) is 3.23. The van der Waals surface area contributed by atoms with Gasteiger partial charge in [-0.3, -0.25) is 9.59 Å². The standard InChI is InChI=1S/C23H21N3O2/c1-16-4-5-18-15-19(23(28)25-21(18)14-16)10-11-24-22(27)17-6-8-20(9-7-17)26-12-2-3-13-26/h2-9,12-15H,10-11H2,1H3,(H,24,27)(H,25,28). The molecule has 0 aliphatic carbocycles. The Hall–Kier alpha value is -3.60. The van der Waals surface area contributed by atoms with Gasteiger partial charge in [0.1, 0.15) is 0 Å². The monoisotopic (exact) mass is 371 g/mol. The van der Waals surface area contributed by atoms with Crippen LogP contribution in [0.3, 0.4) is 0 Å². The molecule has 2 aromatic carbocycles. The molecule has 0 aliphatic rings. The van der Waals surface area contributed by atoms with E-state index in [0.717, 1.165) is 22.2 Å². The van der Waals surface area contributed by atoms with E-state index in [1.54, 1.807) is 12.1 Å². The Morgan fingerprint density at radius 3 is 2.54 bits per heavy atom. The van der Waals surface area contributed by atoms with E-state index in [1.807, 2.05) is 72.4 Å². The minimum absolute atomic E-state index is 0.108. The van der Waals surface area contributed by atoms with E-state index in [4.69, 9.17) is 0 Å². The maximum Gasteiger partial charge on any atom is 0.251 e. The van der Waals surface area contributed by atoms with Gasteiger partial charge in [-0.1, -0.05) is 12.1 Å². The summed E-state index contributed by atoms with van der Waals surface area (Å²) in [5, 5.41) is 3.88. The molecular weight excluding hydrogens is 350 g/mol. The molecule has 5 nitrogen and oxygen atoms in total. The van der Waals surface area contributed by atoms with Gasteiger partial charge in [0.15, 0.2) is 0 Å².